The summed E-state index contributed by atoms with van der Waals surface area (Å²) in [5, 5.41) is 2.94. The van der Waals surface area contributed by atoms with Crippen LogP contribution in [0.2, 0.25) is 0 Å². The van der Waals surface area contributed by atoms with Crippen molar-refractivity contribution in [2.45, 2.75) is 45.1 Å². The first-order chi connectivity index (χ1) is 11.2. The standard InChI is InChI=1S/C18H27FN2O2/c1-2-17(23-16-9-7-15(19)8-10-16)18(22)20-11-6-14-21-12-4-3-5-13-21/h7-10,17H,2-6,11-14H2,1H3,(H,20,22). The van der Waals surface area contributed by atoms with Gasteiger partial charge in [0.2, 0.25) is 0 Å². The van der Waals surface area contributed by atoms with E-state index in [0.29, 0.717) is 18.7 Å². The molecule has 1 atom stereocenters. The van der Waals surface area contributed by atoms with Crippen LogP contribution in [0, 0.1) is 5.82 Å². The normalized spacial score (nSPS) is 16.8. The minimum Gasteiger partial charge on any atom is -0.481 e. The predicted octanol–water partition coefficient (Wildman–Crippen LogP) is 2.98. The molecule has 1 aliphatic rings. The van der Waals surface area contributed by atoms with Crippen LogP contribution < -0.4 is 10.1 Å². The van der Waals surface area contributed by atoms with Crippen LogP contribution in [0.1, 0.15) is 39.0 Å². The summed E-state index contributed by atoms with van der Waals surface area (Å²) in [5.41, 5.74) is 0. The first-order valence-corrected chi connectivity index (χ1v) is 8.61. The zero-order valence-electron chi connectivity index (χ0n) is 13.9. The van der Waals surface area contributed by atoms with Crippen molar-refractivity contribution in [2.24, 2.45) is 0 Å². The molecule has 1 saturated heterocycles. The quantitative estimate of drug-likeness (QED) is 0.748. The van der Waals surface area contributed by atoms with Crippen molar-refractivity contribution in [3.63, 3.8) is 0 Å². The number of carbonyl (C=O) groups excluding carboxylic acids is 1. The fourth-order valence-electron chi connectivity index (χ4n) is 2.81. The third-order valence-electron chi connectivity index (χ3n) is 4.15. The van der Waals surface area contributed by atoms with Gasteiger partial charge in [-0.05, 0) is 69.6 Å². The summed E-state index contributed by atoms with van der Waals surface area (Å²) in [4.78, 5) is 14.6. The highest BCUT2D eigenvalue weighted by Gasteiger charge is 2.18. The molecular weight excluding hydrogens is 295 g/mol. The Bertz CT molecular complexity index is 472. The number of halogens is 1. The average Bonchev–Trinajstić information content (AvgIpc) is 2.59. The smallest absolute Gasteiger partial charge is 0.261 e. The van der Waals surface area contributed by atoms with E-state index in [1.807, 2.05) is 6.92 Å². The fourth-order valence-corrected chi connectivity index (χ4v) is 2.81. The second-order valence-corrected chi connectivity index (χ2v) is 6.02. The lowest BCUT2D eigenvalue weighted by Crippen LogP contribution is -2.39. The Morgan fingerprint density at radius 2 is 1.96 bits per heavy atom. The molecule has 0 saturated carbocycles. The summed E-state index contributed by atoms with van der Waals surface area (Å²) in [6.45, 7) is 5.97. The number of rotatable bonds is 8. The van der Waals surface area contributed by atoms with E-state index in [0.717, 1.165) is 13.0 Å². The number of hydrogen-bond donors (Lipinski definition) is 1. The molecule has 0 aliphatic carbocycles. The predicted molar refractivity (Wildman–Crippen MR) is 89.0 cm³/mol. The third kappa shape index (κ3) is 6.18. The lowest BCUT2D eigenvalue weighted by Gasteiger charge is -2.26. The Labute approximate surface area is 138 Å². The van der Waals surface area contributed by atoms with Crippen LogP contribution in [-0.4, -0.2) is 43.1 Å². The minimum atomic E-state index is -0.532. The molecule has 23 heavy (non-hydrogen) atoms. The van der Waals surface area contributed by atoms with Gasteiger partial charge < -0.3 is 15.0 Å². The van der Waals surface area contributed by atoms with E-state index in [9.17, 15) is 9.18 Å². The molecule has 1 unspecified atom stereocenters. The molecule has 0 radical (unpaired) electrons. The van der Waals surface area contributed by atoms with Crippen molar-refractivity contribution in [3.05, 3.63) is 30.1 Å². The molecule has 1 fully saturated rings. The fraction of sp³-hybridized carbons (Fsp3) is 0.611. The van der Waals surface area contributed by atoms with Crippen LogP contribution in [0.25, 0.3) is 0 Å². The molecule has 1 N–H and O–H groups in total. The van der Waals surface area contributed by atoms with Gasteiger partial charge in [-0.3, -0.25) is 4.79 Å². The number of nitrogens with zero attached hydrogens (tertiary/aromatic N) is 1. The maximum absolute atomic E-state index is 12.9. The Morgan fingerprint density at radius 1 is 1.26 bits per heavy atom. The summed E-state index contributed by atoms with van der Waals surface area (Å²) in [5.74, 6) is 0.102. The van der Waals surface area contributed by atoms with Gasteiger partial charge in [0.1, 0.15) is 11.6 Å². The highest BCUT2D eigenvalue weighted by atomic mass is 19.1. The van der Waals surface area contributed by atoms with Crippen LogP contribution in [0.15, 0.2) is 24.3 Å². The molecule has 2 rings (SSSR count). The van der Waals surface area contributed by atoms with E-state index in [-0.39, 0.29) is 11.7 Å². The zero-order chi connectivity index (χ0) is 16.5. The largest absolute Gasteiger partial charge is 0.481 e. The van der Waals surface area contributed by atoms with Gasteiger partial charge in [0.05, 0.1) is 0 Å². The molecule has 1 aromatic carbocycles. The van der Waals surface area contributed by atoms with Gasteiger partial charge in [-0.1, -0.05) is 13.3 Å². The van der Waals surface area contributed by atoms with Gasteiger partial charge >= 0.3 is 0 Å². The van der Waals surface area contributed by atoms with Crippen molar-refractivity contribution in [2.75, 3.05) is 26.2 Å². The van der Waals surface area contributed by atoms with E-state index < -0.39 is 6.10 Å². The van der Waals surface area contributed by atoms with Gasteiger partial charge in [0, 0.05) is 6.54 Å². The number of piperidine rings is 1. The van der Waals surface area contributed by atoms with Gasteiger partial charge in [0.15, 0.2) is 6.10 Å². The Kier molecular flexibility index (Phi) is 7.33. The number of ether oxygens (including phenoxy) is 1. The van der Waals surface area contributed by atoms with Crippen LogP contribution in [0.5, 0.6) is 5.75 Å². The highest BCUT2D eigenvalue weighted by molar-refractivity contribution is 5.81. The van der Waals surface area contributed by atoms with Crippen LogP contribution in [-0.2, 0) is 4.79 Å². The number of nitrogens with one attached hydrogen (secondary N) is 1. The van der Waals surface area contributed by atoms with Crippen molar-refractivity contribution in [3.8, 4) is 5.75 Å². The van der Waals surface area contributed by atoms with Gasteiger partial charge in [-0.2, -0.15) is 0 Å². The number of likely N-dealkylation sites (tertiary alicyclic amines) is 1. The number of carbonyl (C=O) groups is 1. The third-order valence-corrected chi connectivity index (χ3v) is 4.15. The maximum Gasteiger partial charge on any atom is 0.261 e. The summed E-state index contributed by atoms with van der Waals surface area (Å²) in [6.07, 6.45) is 4.92. The second kappa shape index (κ2) is 9.50. The van der Waals surface area contributed by atoms with Crippen LogP contribution in [0.4, 0.5) is 4.39 Å². The lowest BCUT2D eigenvalue weighted by atomic mass is 10.1. The zero-order valence-corrected chi connectivity index (χ0v) is 13.9. The van der Waals surface area contributed by atoms with E-state index in [4.69, 9.17) is 4.74 Å². The topological polar surface area (TPSA) is 41.6 Å². The molecule has 5 heteroatoms. The lowest BCUT2D eigenvalue weighted by molar-refractivity contribution is -0.128. The number of hydrogen-bond acceptors (Lipinski definition) is 3. The molecule has 128 valence electrons. The Morgan fingerprint density at radius 3 is 2.61 bits per heavy atom. The summed E-state index contributed by atoms with van der Waals surface area (Å²) < 4.78 is 18.5. The molecule has 1 aromatic rings. The highest BCUT2D eigenvalue weighted by Crippen LogP contribution is 2.14. The molecular formula is C18H27FN2O2. The molecule has 1 amide bonds. The SMILES string of the molecule is CCC(Oc1ccc(F)cc1)C(=O)NCCCN1CCCCC1. The molecule has 1 heterocycles. The molecule has 4 nitrogen and oxygen atoms in total. The monoisotopic (exact) mass is 322 g/mol. The van der Waals surface area contributed by atoms with Crippen LogP contribution >= 0.6 is 0 Å². The molecule has 0 bridgehead atoms. The van der Waals surface area contributed by atoms with Crippen molar-refractivity contribution < 1.29 is 13.9 Å². The Hall–Kier alpha value is -1.62. The summed E-state index contributed by atoms with van der Waals surface area (Å²) in [6, 6.07) is 5.75. The van der Waals surface area contributed by atoms with E-state index in [2.05, 4.69) is 10.2 Å². The maximum atomic E-state index is 12.9. The summed E-state index contributed by atoms with van der Waals surface area (Å²) >= 11 is 0. The molecule has 0 aromatic heterocycles. The van der Waals surface area contributed by atoms with Gasteiger partial charge in [-0.15, -0.1) is 0 Å². The first-order valence-electron chi connectivity index (χ1n) is 8.61. The average molecular weight is 322 g/mol. The van der Waals surface area contributed by atoms with Crippen molar-refractivity contribution >= 4 is 5.91 Å². The molecule has 0 spiro atoms. The number of amides is 1. The number of benzene rings is 1. The summed E-state index contributed by atoms with van der Waals surface area (Å²) in [7, 11) is 0. The first kappa shape index (κ1) is 17.7. The van der Waals surface area contributed by atoms with E-state index >= 15 is 0 Å². The Balaban J connectivity index is 1.68. The second-order valence-electron chi connectivity index (χ2n) is 6.02. The van der Waals surface area contributed by atoms with E-state index in [1.165, 1.54) is 44.5 Å². The van der Waals surface area contributed by atoms with Crippen molar-refractivity contribution in [1.82, 2.24) is 10.2 Å². The van der Waals surface area contributed by atoms with Crippen molar-refractivity contribution in [1.29, 1.82) is 0 Å². The van der Waals surface area contributed by atoms with Gasteiger partial charge in [0.25, 0.3) is 5.91 Å². The van der Waals surface area contributed by atoms with E-state index in [1.54, 1.807) is 12.1 Å². The minimum absolute atomic E-state index is 0.101. The molecule has 1 aliphatic heterocycles. The van der Waals surface area contributed by atoms with Gasteiger partial charge in [-0.25, -0.2) is 4.39 Å². The van der Waals surface area contributed by atoms with Crippen LogP contribution in [0.3, 0.4) is 0 Å².